The Bertz CT molecular complexity index is 478. The van der Waals surface area contributed by atoms with Gasteiger partial charge in [0.2, 0.25) is 0 Å². The molecule has 0 heterocycles. The largest absolute Gasteiger partial charge is 0.386 e. The van der Waals surface area contributed by atoms with E-state index in [0.717, 1.165) is 18.4 Å². The van der Waals surface area contributed by atoms with Crippen molar-refractivity contribution < 1.29 is 9.84 Å². The van der Waals surface area contributed by atoms with Crippen molar-refractivity contribution >= 4 is 0 Å². The van der Waals surface area contributed by atoms with E-state index >= 15 is 0 Å². The molecule has 0 aliphatic heterocycles. The Morgan fingerprint density at radius 3 is 2.57 bits per heavy atom. The molecule has 2 heteroatoms. The summed E-state index contributed by atoms with van der Waals surface area (Å²) in [4.78, 5) is 0. The lowest BCUT2D eigenvalue weighted by Gasteiger charge is -2.39. The molecule has 0 radical (unpaired) electrons. The molecule has 0 amide bonds. The Balaban J connectivity index is 1.91. The first-order chi connectivity index (χ1) is 9.77. The van der Waals surface area contributed by atoms with Gasteiger partial charge in [-0.25, -0.2) is 0 Å². The van der Waals surface area contributed by atoms with Gasteiger partial charge >= 0.3 is 0 Å². The highest BCUT2D eigenvalue weighted by molar-refractivity contribution is 5.31. The minimum atomic E-state index is -0.523. The van der Waals surface area contributed by atoms with Gasteiger partial charge in [-0.15, -0.1) is 0 Å². The number of benzene rings is 1. The van der Waals surface area contributed by atoms with Crippen molar-refractivity contribution in [1.82, 2.24) is 0 Å². The number of aliphatic hydroxyl groups is 1. The van der Waals surface area contributed by atoms with Gasteiger partial charge in [-0.3, -0.25) is 0 Å². The lowest BCUT2D eigenvalue weighted by Crippen LogP contribution is -2.33. The highest BCUT2D eigenvalue weighted by Crippen LogP contribution is 2.39. The van der Waals surface area contributed by atoms with Gasteiger partial charge in [-0.2, -0.15) is 0 Å². The fourth-order valence-electron chi connectivity index (χ4n) is 3.68. The molecule has 0 saturated heterocycles. The van der Waals surface area contributed by atoms with Crippen molar-refractivity contribution in [2.75, 3.05) is 6.61 Å². The average molecular weight is 290 g/mol. The van der Waals surface area contributed by atoms with E-state index in [0.29, 0.717) is 17.9 Å². The summed E-state index contributed by atoms with van der Waals surface area (Å²) in [6, 6.07) is 6.14. The summed E-state index contributed by atoms with van der Waals surface area (Å²) >= 11 is 0. The molecule has 2 nitrogen and oxygen atoms in total. The summed E-state index contributed by atoms with van der Waals surface area (Å²) in [6.45, 7) is 11.5. The molecule has 1 aliphatic carbocycles. The van der Waals surface area contributed by atoms with Gasteiger partial charge in [-0.05, 0) is 61.1 Å². The predicted octanol–water partition coefficient (Wildman–Crippen LogP) is 4.57. The second-order valence-electron chi connectivity index (χ2n) is 7.73. The zero-order chi connectivity index (χ0) is 15.6. The molecule has 3 atom stereocenters. The summed E-state index contributed by atoms with van der Waals surface area (Å²) in [6.07, 6.45) is 3.24. The van der Waals surface area contributed by atoms with E-state index < -0.39 is 6.10 Å². The topological polar surface area (TPSA) is 29.5 Å². The molecule has 1 aromatic carbocycles. The smallest absolute Gasteiger partial charge is 0.102 e. The Labute approximate surface area is 129 Å². The monoisotopic (exact) mass is 290 g/mol. The van der Waals surface area contributed by atoms with Gasteiger partial charge in [-0.1, -0.05) is 39.0 Å². The molecule has 21 heavy (non-hydrogen) atoms. The molecule has 1 aromatic rings. The van der Waals surface area contributed by atoms with E-state index in [-0.39, 0.29) is 6.10 Å². The van der Waals surface area contributed by atoms with Crippen molar-refractivity contribution in [2.24, 2.45) is 11.3 Å². The Morgan fingerprint density at radius 1 is 1.24 bits per heavy atom. The third-order valence-electron chi connectivity index (χ3n) is 4.75. The zero-order valence-electron chi connectivity index (χ0n) is 14.1. The average Bonchev–Trinajstić information content (AvgIpc) is 2.37. The van der Waals surface area contributed by atoms with Crippen molar-refractivity contribution in [3.8, 4) is 0 Å². The molecule has 118 valence electrons. The molecule has 1 saturated carbocycles. The summed E-state index contributed by atoms with van der Waals surface area (Å²) in [7, 11) is 0. The maximum Gasteiger partial charge on any atom is 0.102 e. The normalized spacial score (nSPS) is 26.6. The van der Waals surface area contributed by atoms with Gasteiger partial charge < -0.3 is 9.84 Å². The lowest BCUT2D eigenvalue weighted by molar-refractivity contribution is -0.0564. The predicted molar refractivity (Wildman–Crippen MR) is 87.4 cm³/mol. The first kappa shape index (κ1) is 16.5. The molecule has 1 N–H and O–H groups in total. The van der Waals surface area contributed by atoms with Crippen LogP contribution in [0.15, 0.2) is 18.2 Å². The van der Waals surface area contributed by atoms with Crippen LogP contribution in [-0.2, 0) is 4.74 Å². The quantitative estimate of drug-likeness (QED) is 0.880. The van der Waals surface area contributed by atoms with Crippen molar-refractivity contribution in [2.45, 2.75) is 66.1 Å². The van der Waals surface area contributed by atoms with Gasteiger partial charge in [0.1, 0.15) is 6.10 Å². The van der Waals surface area contributed by atoms with Crippen LogP contribution >= 0.6 is 0 Å². The van der Waals surface area contributed by atoms with Crippen LogP contribution in [0.1, 0.15) is 62.8 Å². The van der Waals surface area contributed by atoms with E-state index in [1.807, 2.05) is 6.07 Å². The van der Waals surface area contributed by atoms with Crippen LogP contribution in [-0.4, -0.2) is 17.8 Å². The minimum absolute atomic E-state index is 0.282. The number of ether oxygens (including phenoxy) is 1. The standard InChI is InChI=1S/C19H30O2/c1-13-8-17(11-19(4,5)10-13)21-12-18(20)16-7-6-14(2)15(3)9-16/h6-7,9,13,17-18,20H,8,10-12H2,1-5H3. The van der Waals surface area contributed by atoms with Crippen LogP contribution in [0.2, 0.25) is 0 Å². The van der Waals surface area contributed by atoms with E-state index in [2.05, 4.69) is 46.8 Å². The fraction of sp³-hybridized carbons (Fsp3) is 0.684. The van der Waals surface area contributed by atoms with E-state index in [9.17, 15) is 5.11 Å². The lowest BCUT2D eigenvalue weighted by atomic mass is 9.71. The highest BCUT2D eigenvalue weighted by atomic mass is 16.5. The molecule has 1 aliphatic rings. The first-order valence-electron chi connectivity index (χ1n) is 8.13. The summed E-state index contributed by atoms with van der Waals surface area (Å²) in [5.41, 5.74) is 3.79. The summed E-state index contributed by atoms with van der Waals surface area (Å²) < 4.78 is 6.03. The number of aliphatic hydroxyl groups excluding tert-OH is 1. The van der Waals surface area contributed by atoms with Crippen LogP contribution in [0.3, 0.4) is 0 Å². The molecule has 2 rings (SSSR count). The first-order valence-corrected chi connectivity index (χ1v) is 8.13. The maximum atomic E-state index is 10.3. The van der Waals surface area contributed by atoms with E-state index in [4.69, 9.17) is 4.74 Å². The third-order valence-corrected chi connectivity index (χ3v) is 4.75. The van der Waals surface area contributed by atoms with Crippen molar-refractivity contribution in [3.63, 3.8) is 0 Å². The SMILES string of the molecule is Cc1ccc(C(O)COC2CC(C)CC(C)(C)C2)cc1C. The van der Waals surface area contributed by atoms with Gasteiger partial charge in [0, 0.05) is 0 Å². The Hall–Kier alpha value is -0.860. The summed E-state index contributed by atoms with van der Waals surface area (Å²) in [5, 5.41) is 10.3. The Morgan fingerprint density at radius 2 is 1.95 bits per heavy atom. The molecule has 0 bridgehead atoms. The summed E-state index contributed by atoms with van der Waals surface area (Å²) in [5.74, 6) is 0.706. The van der Waals surface area contributed by atoms with Crippen LogP contribution in [0.5, 0.6) is 0 Å². The molecule has 0 spiro atoms. The van der Waals surface area contributed by atoms with E-state index in [1.54, 1.807) is 0 Å². The van der Waals surface area contributed by atoms with E-state index in [1.165, 1.54) is 17.5 Å². The number of hydrogen-bond acceptors (Lipinski definition) is 2. The highest BCUT2D eigenvalue weighted by Gasteiger charge is 2.32. The molecule has 3 unspecified atom stereocenters. The minimum Gasteiger partial charge on any atom is -0.386 e. The fourth-order valence-corrected chi connectivity index (χ4v) is 3.68. The number of rotatable bonds is 4. The number of hydrogen-bond donors (Lipinski definition) is 1. The molecular weight excluding hydrogens is 260 g/mol. The van der Waals surface area contributed by atoms with Crippen molar-refractivity contribution in [3.05, 3.63) is 34.9 Å². The molecule has 1 fully saturated rings. The maximum absolute atomic E-state index is 10.3. The van der Waals surface area contributed by atoms with Crippen LogP contribution < -0.4 is 0 Å². The molecular formula is C19H30O2. The van der Waals surface area contributed by atoms with Crippen LogP contribution in [0.25, 0.3) is 0 Å². The third kappa shape index (κ3) is 4.55. The van der Waals surface area contributed by atoms with Gasteiger partial charge in [0.05, 0.1) is 12.7 Å². The van der Waals surface area contributed by atoms with Gasteiger partial charge in [0.15, 0.2) is 0 Å². The van der Waals surface area contributed by atoms with Crippen LogP contribution in [0, 0.1) is 25.2 Å². The van der Waals surface area contributed by atoms with Gasteiger partial charge in [0.25, 0.3) is 0 Å². The number of aryl methyl sites for hydroxylation is 2. The second kappa shape index (κ2) is 6.50. The Kier molecular flexibility index (Phi) is 5.11. The van der Waals surface area contributed by atoms with Crippen LogP contribution in [0.4, 0.5) is 0 Å². The zero-order valence-corrected chi connectivity index (χ0v) is 14.1. The molecule has 0 aromatic heterocycles. The van der Waals surface area contributed by atoms with Crippen molar-refractivity contribution in [1.29, 1.82) is 0 Å². The second-order valence-corrected chi connectivity index (χ2v) is 7.73.